The van der Waals surface area contributed by atoms with Crippen molar-refractivity contribution in [1.29, 1.82) is 0 Å². The van der Waals surface area contributed by atoms with Gasteiger partial charge in [-0.3, -0.25) is 9.80 Å². The summed E-state index contributed by atoms with van der Waals surface area (Å²) < 4.78 is 3.06. The Morgan fingerprint density at radius 3 is 2.64 bits per heavy atom. The number of hydrogen-bond acceptors (Lipinski definition) is 4. The normalized spacial score (nSPS) is 22.0. The van der Waals surface area contributed by atoms with E-state index in [9.17, 15) is 0 Å². The molecule has 2 saturated heterocycles. The predicted octanol–water partition coefficient (Wildman–Crippen LogP) is 2.54. The van der Waals surface area contributed by atoms with E-state index >= 15 is 0 Å². The second kappa shape index (κ2) is 8.64. The van der Waals surface area contributed by atoms with Crippen molar-refractivity contribution < 1.29 is 0 Å². The number of piperazine rings is 1. The molecule has 2 aliphatic rings. The first-order valence-electron chi connectivity index (χ1n) is 8.74. The highest BCUT2D eigenvalue weighted by atomic mass is 79.9. The van der Waals surface area contributed by atoms with Gasteiger partial charge in [0.25, 0.3) is 0 Å². The zero-order chi connectivity index (χ0) is 16.4. The zero-order valence-corrected chi connectivity index (χ0v) is 16.7. The maximum atomic E-state index is 4.52. The van der Waals surface area contributed by atoms with Crippen molar-refractivity contribution in [2.24, 2.45) is 0 Å². The third kappa shape index (κ3) is 4.63. The third-order valence-electron chi connectivity index (χ3n) is 5.05. The molecule has 1 aromatic carbocycles. The largest absolute Gasteiger partial charge is 0.314 e. The highest BCUT2D eigenvalue weighted by Crippen LogP contribution is 2.19. The summed E-state index contributed by atoms with van der Waals surface area (Å²) in [5.41, 5.74) is 2.39. The van der Waals surface area contributed by atoms with Crippen molar-refractivity contribution in [2.75, 3.05) is 39.3 Å². The van der Waals surface area contributed by atoms with E-state index < -0.39 is 0 Å². The van der Waals surface area contributed by atoms with Crippen molar-refractivity contribution in [3.05, 3.63) is 46.7 Å². The number of nitrogens with zero attached hydrogens (tertiary/aromatic N) is 4. The Bertz CT molecular complexity index is 668. The van der Waals surface area contributed by atoms with Gasteiger partial charge in [-0.1, -0.05) is 15.9 Å². The Hall–Kier alpha value is -0.920. The molecule has 1 atom stereocenters. The van der Waals surface area contributed by atoms with Crippen LogP contribution in [0.5, 0.6) is 0 Å². The van der Waals surface area contributed by atoms with Gasteiger partial charge >= 0.3 is 0 Å². The van der Waals surface area contributed by atoms with Gasteiger partial charge in [-0.15, -0.1) is 12.4 Å². The summed E-state index contributed by atoms with van der Waals surface area (Å²) in [6.07, 6.45) is 5.45. The van der Waals surface area contributed by atoms with Crippen LogP contribution in [-0.2, 0) is 6.54 Å². The second-order valence-electron chi connectivity index (χ2n) is 6.73. The van der Waals surface area contributed by atoms with Crippen molar-refractivity contribution >= 4 is 28.3 Å². The minimum Gasteiger partial charge on any atom is -0.314 e. The lowest BCUT2D eigenvalue weighted by Crippen LogP contribution is -2.49. The molecule has 2 aliphatic heterocycles. The van der Waals surface area contributed by atoms with E-state index in [4.69, 9.17) is 0 Å². The number of rotatable bonds is 4. The summed E-state index contributed by atoms with van der Waals surface area (Å²) in [7, 11) is 0. The molecule has 25 heavy (non-hydrogen) atoms. The van der Waals surface area contributed by atoms with Gasteiger partial charge in [-0.25, -0.2) is 4.68 Å². The van der Waals surface area contributed by atoms with Gasteiger partial charge in [-0.05, 0) is 30.7 Å². The van der Waals surface area contributed by atoms with E-state index in [0.29, 0.717) is 0 Å². The monoisotopic (exact) mass is 425 g/mol. The topological polar surface area (TPSA) is 36.3 Å². The molecule has 3 heterocycles. The number of aromatic nitrogens is 2. The first kappa shape index (κ1) is 18.9. The van der Waals surface area contributed by atoms with Gasteiger partial charge in [0.05, 0.1) is 11.9 Å². The first-order valence-corrected chi connectivity index (χ1v) is 9.54. The van der Waals surface area contributed by atoms with Crippen LogP contribution >= 0.6 is 28.3 Å². The van der Waals surface area contributed by atoms with Gasteiger partial charge in [-0.2, -0.15) is 5.10 Å². The minimum absolute atomic E-state index is 0. The molecule has 0 aliphatic carbocycles. The molecular formula is C18H25BrClN5. The molecule has 5 nitrogen and oxygen atoms in total. The van der Waals surface area contributed by atoms with E-state index in [-0.39, 0.29) is 12.4 Å². The van der Waals surface area contributed by atoms with E-state index in [1.54, 1.807) is 0 Å². The molecule has 1 unspecified atom stereocenters. The molecular weight excluding hydrogens is 402 g/mol. The molecule has 2 aromatic rings. The smallest absolute Gasteiger partial charge is 0.0646 e. The Morgan fingerprint density at radius 2 is 1.88 bits per heavy atom. The van der Waals surface area contributed by atoms with Crippen LogP contribution in [0.25, 0.3) is 5.69 Å². The van der Waals surface area contributed by atoms with Crippen LogP contribution in [0.2, 0.25) is 0 Å². The number of hydrogen-bond donors (Lipinski definition) is 1. The summed E-state index contributed by atoms with van der Waals surface area (Å²) in [6.45, 7) is 8.04. The van der Waals surface area contributed by atoms with E-state index in [1.165, 1.54) is 38.2 Å². The van der Waals surface area contributed by atoms with Gasteiger partial charge in [0, 0.05) is 68.1 Å². The van der Waals surface area contributed by atoms with Crippen molar-refractivity contribution in [3.8, 4) is 5.69 Å². The maximum Gasteiger partial charge on any atom is 0.0646 e. The van der Waals surface area contributed by atoms with E-state index in [0.717, 1.165) is 35.8 Å². The Kier molecular flexibility index (Phi) is 6.52. The highest BCUT2D eigenvalue weighted by molar-refractivity contribution is 9.10. The van der Waals surface area contributed by atoms with Crippen LogP contribution in [0, 0.1) is 0 Å². The van der Waals surface area contributed by atoms with Crippen molar-refractivity contribution in [3.63, 3.8) is 0 Å². The van der Waals surface area contributed by atoms with Crippen LogP contribution in [-0.4, -0.2) is 64.9 Å². The lowest BCUT2D eigenvalue weighted by Gasteiger charge is -2.32. The second-order valence-corrected chi connectivity index (χ2v) is 7.65. The Balaban J connectivity index is 0.00000182. The molecule has 0 saturated carbocycles. The number of benzene rings is 1. The maximum absolute atomic E-state index is 4.52. The summed E-state index contributed by atoms with van der Waals surface area (Å²) in [6, 6.07) is 8.99. The Labute approximate surface area is 163 Å². The fourth-order valence-corrected chi connectivity index (χ4v) is 4.00. The standard InChI is InChI=1S/C18H24BrN5.ClH/c19-16-1-3-17(4-2-16)24-13-15(11-21-24)12-22-8-5-18(14-22)23-9-6-20-7-10-23;/h1-4,11,13,18,20H,5-10,12,14H2;1H. The number of nitrogens with one attached hydrogen (secondary N) is 1. The Morgan fingerprint density at radius 1 is 1.12 bits per heavy atom. The van der Waals surface area contributed by atoms with Gasteiger partial charge < -0.3 is 5.32 Å². The summed E-state index contributed by atoms with van der Waals surface area (Å²) >= 11 is 3.48. The van der Waals surface area contributed by atoms with Gasteiger partial charge in [0.1, 0.15) is 0 Å². The number of halogens is 2. The highest BCUT2D eigenvalue weighted by Gasteiger charge is 2.28. The van der Waals surface area contributed by atoms with Crippen LogP contribution in [0.3, 0.4) is 0 Å². The lowest BCUT2D eigenvalue weighted by atomic mass is 10.2. The van der Waals surface area contributed by atoms with Crippen LogP contribution in [0.15, 0.2) is 41.1 Å². The summed E-state index contributed by atoms with van der Waals surface area (Å²) in [5, 5.41) is 7.96. The quantitative estimate of drug-likeness (QED) is 0.815. The SMILES string of the molecule is Brc1ccc(-n2cc(CN3CCC(N4CCNCC4)C3)cn2)cc1.Cl. The molecule has 1 N–H and O–H groups in total. The molecule has 1 aromatic heterocycles. The average molecular weight is 427 g/mol. The zero-order valence-electron chi connectivity index (χ0n) is 14.3. The van der Waals surface area contributed by atoms with E-state index in [2.05, 4.69) is 66.6 Å². The predicted molar refractivity (Wildman–Crippen MR) is 107 cm³/mol. The molecule has 2 fully saturated rings. The van der Waals surface area contributed by atoms with Gasteiger partial charge in [0.15, 0.2) is 0 Å². The van der Waals surface area contributed by atoms with E-state index in [1.807, 2.05) is 10.9 Å². The van der Waals surface area contributed by atoms with Crippen LogP contribution in [0.4, 0.5) is 0 Å². The third-order valence-corrected chi connectivity index (χ3v) is 5.58. The fraction of sp³-hybridized carbons (Fsp3) is 0.500. The molecule has 0 bridgehead atoms. The molecule has 0 spiro atoms. The average Bonchev–Trinajstić information content (AvgIpc) is 3.27. The van der Waals surface area contributed by atoms with Crippen molar-refractivity contribution in [1.82, 2.24) is 24.9 Å². The lowest BCUT2D eigenvalue weighted by molar-refractivity contribution is 0.170. The first-order chi connectivity index (χ1) is 11.8. The number of likely N-dealkylation sites (tertiary alicyclic amines) is 1. The fourth-order valence-electron chi connectivity index (χ4n) is 3.74. The molecule has 136 valence electrons. The molecule has 0 radical (unpaired) electrons. The minimum atomic E-state index is 0. The molecule has 4 rings (SSSR count). The van der Waals surface area contributed by atoms with Crippen LogP contribution in [0.1, 0.15) is 12.0 Å². The molecule has 0 amide bonds. The summed E-state index contributed by atoms with van der Waals surface area (Å²) in [4.78, 5) is 5.22. The van der Waals surface area contributed by atoms with Crippen molar-refractivity contribution in [2.45, 2.75) is 19.0 Å². The van der Waals surface area contributed by atoms with Crippen LogP contribution < -0.4 is 5.32 Å². The van der Waals surface area contributed by atoms with Gasteiger partial charge in [0.2, 0.25) is 0 Å². The molecule has 7 heteroatoms. The summed E-state index contributed by atoms with van der Waals surface area (Å²) in [5.74, 6) is 0.